The highest BCUT2D eigenvalue weighted by molar-refractivity contribution is 9.10. The molecule has 16 heavy (non-hydrogen) atoms. The third-order valence-electron chi connectivity index (χ3n) is 2.39. The van der Waals surface area contributed by atoms with Gasteiger partial charge < -0.3 is 5.32 Å². The van der Waals surface area contributed by atoms with Gasteiger partial charge in [-0.2, -0.15) is 0 Å². The average Bonchev–Trinajstić information content (AvgIpc) is 2.78. The van der Waals surface area contributed by atoms with Crippen LogP contribution in [0.5, 0.6) is 0 Å². The largest absolute Gasteiger partial charge is 0.309 e. The molecule has 0 amide bonds. The van der Waals surface area contributed by atoms with E-state index in [1.807, 2.05) is 24.6 Å². The molecular weight excluding hydrogens is 289 g/mol. The van der Waals surface area contributed by atoms with Crippen LogP contribution in [0, 0.1) is 5.82 Å². The molecule has 0 aliphatic carbocycles. The number of rotatable bonds is 3. The minimum atomic E-state index is -0.232. The smallest absolute Gasteiger partial charge is 0.137 e. The number of thiophene rings is 1. The van der Waals surface area contributed by atoms with Crippen molar-refractivity contribution in [3.05, 3.63) is 56.4 Å². The number of hydrogen-bond donors (Lipinski definition) is 1. The van der Waals surface area contributed by atoms with E-state index in [0.717, 1.165) is 5.56 Å². The number of hydrogen-bond acceptors (Lipinski definition) is 2. The summed E-state index contributed by atoms with van der Waals surface area (Å²) in [5, 5.41) is 5.27. The lowest BCUT2D eigenvalue weighted by molar-refractivity contribution is 0.617. The highest BCUT2D eigenvalue weighted by Crippen LogP contribution is 2.28. The van der Waals surface area contributed by atoms with Gasteiger partial charge in [-0.15, -0.1) is 11.3 Å². The molecule has 0 saturated carbocycles. The van der Waals surface area contributed by atoms with Crippen molar-refractivity contribution < 1.29 is 4.39 Å². The van der Waals surface area contributed by atoms with Crippen LogP contribution >= 0.6 is 27.3 Å². The van der Waals surface area contributed by atoms with Gasteiger partial charge in [-0.3, -0.25) is 0 Å². The first-order chi connectivity index (χ1) is 7.72. The summed E-state index contributed by atoms with van der Waals surface area (Å²) in [4.78, 5) is 1.22. The molecule has 1 nitrogen and oxygen atoms in total. The second-order valence-electron chi connectivity index (χ2n) is 3.41. The lowest BCUT2D eigenvalue weighted by atomic mass is 10.1. The molecule has 0 spiro atoms. The first-order valence-corrected chi connectivity index (χ1v) is 6.55. The molecule has 2 aromatic rings. The summed E-state index contributed by atoms with van der Waals surface area (Å²) < 4.78 is 13.6. The molecule has 0 saturated heterocycles. The molecule has 0 radical (unpaired) electrons. The normalized spacial score (nSPS) is 12.7. The summed E-state index contributed by atoms with van der Waals surface area (Å²) in [7, 11) is 1.90. The fraction of sp³-hybridized carbons (Fsp3) is 0.167. The van der Waals surface area contributed by atoms with Crippen LogP contribution in [0.2, 0.25) is 0 Å². The fourth-order valence-electron chi connectivity index (χ4n) is 1.62. The van der Waals surface area contributed by atoms with E-state index in [0.29, 0.717) is 4.47 Å². The second-order valence-corrected chi connectivity index (χ2v) is 5.24. The summed E-state index contributed by atoms with van der Waals surface area (Å²) in [5.41, 5.74) is 1.05. The zero-order valence-corrected chi connectivity index (χ0v) is 11.1. The molecule has 0 fully saturated rings. The third-order valence-corrected chi connectivity index (χ3v) is 3.94. The van der Waals surface area contributed by atoms with E-state index in [4.69, 9.17) is 0 Å². The summed E-state index contributed by atoms with van der Waals surface area (Å²) >= 11 is 4.90. The maximum absolute atomic E-state index is 13.1. The van der Waals surface area contributed by atoms with Gasteiger partial charge in [0.25, 0.3) is 0 Å². The molecule has 1 heterocycles. The highest BCUT2D eigenvalue weighted by atomic mass is 79.9. The minimum Gasteiger partial charge on any atom is -0.309 e. The summed E-state index contributed by atoms with van der Waals surface area (Å²) in [6.07, 6.45) is 0. The van der Waals surface area contributed by atoms with E-state index in [1.165, 1.54) is 10.9 Å². The first kappa shape index (κ1) is 11.8. The molecule has 1 N–H and O–H groups in total. The third kappa shape index (κ3) is 2.34. The van der Waals surface area contributed by atoms with Crippen LogP contribution in [-0.2, 0) is 0 Å². The van der Waals surface area contributed by atoms with Gasteiger partial charge in [0.15, 0.2) is 0 Å². The fourth-order valence-corrected chi connectivity index (χ4v) is 2.88. The van der Waals surface area contributed by atoms with Crippen molar-refractivity contribution in [1.29, 1.82) is 0 Å². The number of benzene rings is 1. The Hall–Kier alpha value is -0.710. The minimum absolute atomic E-state index is 0.122. The van der Waals surface area contributed by atoms with Gasteiger partial charge in [-0.1, -0.05) is 12.1 Å². The molecule has 84 valence electrons. The lowest BCUT2D eigenvalue weighted by Crippen LogP contribution is -2.16. The van der Waals surface area contributed by atoms with Gasteiger partial charge >= 0.3 is 0 Å². The van der Waals surface area contributed by atoms with Crippen LogP contribution in [0.25, 0.3) is 0 Å². The average molecular weight is 300 g/mol. The molecule has 0 bridgehead atoms. The van der Waals surface area contributed by atoms with Gasteiger partial charge in [0.1, 0.15) is 5.82 Å². The van der Waals surface area contributed by atoms with Crippen LogP contribution < -0.4 is 5.32 Å². The Morgan fingerprint density at radius 1 is 1.38 bits per heavy atom. The van der Waals surface area contributed by atoms with Crippen molar-refractivity contribution in [2.45, 2.75) is 6.04 Å². The zero-order valence-electron chi connectivity index (χ0n) is 8.71. The number of halogens is 2. The maximum Gasteiger partial charge on any atom is 0.137 e. The van der Waals surface area contributed by atoms with Crippen LogP contribution in [0.1, 0.15) is 16.5 Å². The van der Waals surface area contributed by atoms with E-state index < -0.39 is 0 Å². The highest BCUT2D eigenvalue weighted by Gasteiger charge is 2.13. The maximum atomic E-state index is 13.1. The number of nitrogens with one attached hydrogen (secondary N) is 1. The van der Waals surface area contributed by atoms with Crippen molar-refractivity contribution in [2.75, 3.05) is 7.05 Å². The van der Waals surface area contributed by atoms with Crippen LogP contribution in [0.3, 0.4) is 0 Å². The molecule has 0 aliphatic heterocycles. The van der Waals surface area contributed by atoms with E-state index in [-0.39, 0.29) is 11.9 Å². The van der Waals surface area contributed by atoms with E-state index in [9.17, 15) is 4.39 Å². The topological polar surface area (TPSA) is 12.0 Å². The van der Waals surface area contributed by atoms with Gasteiger partial charge in [0, 0.05) is 4.88 Å². The quantitative estimate of drug-likeness (QED) is 0.905. The molecular formula is C12H11BrFNS. The summed E-state index contributed by atoms with van der Waals surface area (Å²) in [6.45, 7) is 0. The predicted molar refractivity (Wildman–Crippen MR) is 69.3 cm³/mol. The Balaban J connectivity index is 2.37. The van der Waals surface area contributed by atoms with Crippen LogP contribution in [-0.4, -0.2) is 7.05 Å². The lowest BCUT2D eigenvalue weighted by Gasteiger charge is -2.15. The SMILES string of the molecule is CNC(c1ccc(F)c(Br)c1)c1cccs1. The van der Waals surface area contributed by atoms with E-state index >= 15 is 0 Å². The zero-order chi connectivity index (χ0) is 11.5. The molecule has 4 heteroatoms. The monoisotopic (exact) mass is 299 g/mol. The van der Waals surface area contributed by atoms with Gasteiger partial charge in [-0.25, -0.2) is 4.39 Å². The van der Waals surface area contributed by atoms with Crippen molar-refractivity contribution in [3.63, 3.8) is 0 Å². The molecule has 0 aliphatic rings. The first-order valence-electron chi connectivity index (χ1n) is 4.88. The Kier molecular flexibility index (Phi) is 3.74. The molecule has 1 aromatic heterocycles. The van der Waals surface area contributed by atoms with Gasteiger partial charge in [0.05, 0.1) is 10.5 Å². The molecule has 1 atom stereocenters. The van der Waals surface area contributed by atoms with Crippen molar-refractivity contribution in [2.24, 2.45) is 0 Å². The Morgan fingerprint density at radius 2 is 2.19 bits per heavy atom. The van der Waals surface area contributed by atoms with E-state index in [2.05, 4.69) is 27.3 Å². The standard InChI is InChI=1S/C12H11BrFNS/c1-15-12(11-3-2-6-16-11)8-4-5-10(14)9(13)7-8/h2-7,12,15H,1H3. The molecule has 1 aromatic carbocycles. The van der Waals surface area contributed by atoms with Crippen molar-refractivity contribution >= 4 is 27.3 Å². The van der Waals surface area contributed by atoms with Crippen LogP contribution in [0.4, 0.5) is 4.39 Å². The Bertz CT molecular complexity index is 470. The van der Waals surface area contributed by atoms with Crippen molar-refractivity contribution in [3.8, 4) is 0 Å². The Labute approximate surface area is 106 Å². The summed E-state index contributed by atoms with van der Waals surface area (Å²) in [5.74, 6) is -0.232. The molecule has 1 unspecified atom stereocenters. The Morgan fingerprint density at radius 3 is 2.75 bits per heavy atom. The van der Waals surface area contributed by atoms with Gasteiger partial charge in [0.2, 0.25) is 0 Å². The summed E-state index contributed by atoms with van der Waals surface area (Å²) in [6, 6.07) is 9.32. The molecule has 2 rings (SSSR count). The second kappa shape index (κ2) is 5.08. The van der Waals surface area contributed by atoms with E-state index in [1.54, 1.807) is 17.4 Å². The predicted octanol–water partition coefficient (Wildman–Crippen LogP) is 3.96. The van der Waals surface area contributed by atoms with Gasteiger partial charge in [-0.05, 0) is 52.1 Å². The van der Waals surface area contributed by atoms with Crippen LogP contribution in [0.15, 0.2) is 40.2 Å². The van der Waals surface area contributed by atoms with Crippen molar-refractivity contribution in [1.82, 2.24) is 5.32 Å².